The number of amides is 2. The molecule has 1 aromatic carbocycles. The van der Waals surface area contributed by atoms with Crippen LogP contribution in [0.1, 0.15) is 67.3 Å². The number of rotatable bonds is 5. The van der Waals surface area contributed by atoms with Gasteiger partial charge in [-0.2, -0.15) is 0 Å². The van der Waals surface area contributed by atoms with Crippen LogP contribution in [0.4, 0.5) is 9.18 Å². The fourth-order valence-electron chi connectivity index (χ4n) is 4.29. The third kappa shape index (κ3) is 5.63. The largest absolute Gasteiger partial charge is 0.465 e. The number of carbonyl (C=O) groups excluding carboxylic acids is 3. The molecule has 0 spiro atoms. The lowest BCUT2D eigenvalue weighted by atomic mass is 10.0. The van der Waals surface area contributed by atoms with Crippen molar-refractivity contribution in [2.24, 2.45) is 0 Å². The lowest BCUT2D eigenvalue weighted by molar-refractivity contribution is 0.0141. The van der Waals surface area contributed by atoms with Crippen molar-refractivity contribution in [3.05, 3.63) is 47.8 Å². The molecule has 2 aliphatic rings. The van der Waals surface area contributed by atoms with Crippen molar-refractivity contribution in [2.45, 2.75) is 64.1 Å². The van der Waals surface area contributed by atoms with Crippen molar-refractivity contribution in [3.8, 4) is 5.69 Å². The van der Waals surface area contributed by atoms with Crippen LogP contribution in [0.15, 0.2) is 30.7 Å². The lowest BCUT2D eigenvalue weighted by Gasteiger charge is -2.38. The first-order chi connectivity index (χ1) is 16.6. The Bertz CT molecular complexity index is 1110. The molecule has 188 valence electrons. The van der Waals surface area contributed by atoms with Gasteiger partial charge < -0.3 is 23.8 Å². The van der Waals surface area contributed by atoms with Crippen molar-refractivity contribution >= 4 is 18.0 Å². The lowest BCUT2D eigenvalue weighted by Crippen LogP contribution is -2.50. The Kier molecular flexibility index (Phi) is 6.82. The Morgan fingerprint density at radius 3 is 2.31 bits per heavy atom. The third-order valence-electron chi connectivity index (χ3n) is 6.13. The quantitative estimate of drug-likeness (QED) is 0.597. The normalized spacial score (nSPS) is 16.7. The van der Waals surface area contributed by atoms with Crippen molar-refractivity contribution in [1.29, 1.82) is 0 Å². The number of hydrogen-bond donors (Lipinski definition) is 0. The fraction of sp³-hybridized carbons (Fsp3) is 0.520. The van der Waals surface area contributed by atoms with Gasteiger partial charge in [-0.1, -0.05) is 0 Å². The van der Waals surface area contributed by atoms with Gasteiger partial charge in [0.05, 0.1) is 18.4 Å². The van der Waals surface area contributed by atoms with E-state index in [0.29, 0.717) is 25.9 Å². The number of hydrogen-bond acceptors (Lipinski definition) is 6. The number of nitrogens with zero attached hydrogens (tertiary/aromatic N) is 4. The Hall–Kier alpha value is -3.43. The number of benzene rings is 1. The Morgan fingerprint density at radius 2 is 1.74 bits per heavy atom. The summed E-state index contributed by atoms with van der Waals surface area (Å²) in [7, 11) is 1.23. The van der Waals surface area contributed by atoms with Crippen molar-refractivity contribution < 1.29 is 28.2 Å². The summed E-state index contributed by atoms with van der Waals surface area (Å²) in [6, 6.07) is 4.15. The van der Waals surface area contributed by atoms with Crippen molar-refractivity contribution in [2.75, 3.05) is 20.2 Å². The molecule has 35 heavy (non-hydrogen) atoms. The van der Waals surface area contributed by atoms with Gasteiger partial charge in [0.15, 0.2) is 0 Å². The predicted molar refractivity (Wildman–Crippen MR) is 125 cm³/mol. The molecule has 10 heteroatoms. The molecule has 1 aliphatic carbocycles. The number of halogens is 1. The monoisotopic (exact) mass is 486 g/mol. The Labute approximate surface area is 203 Å². The van der Waals surface area contributed by atoms with Crippen LogP contribution in [0, 0.1) is 5.82 Å². The summed E-state index contributed by atoms with van der Waals surface area (Å²) in [5.41, 5.74) is -0.0550. The van der Waals surface area contributed by atoms with E-state index in [4.69, 9.17) is 4.74 Å². The summed E-state index contributed by atoms with van der Waals surface area (Å²) in [6.07, 6.45) is 5.74. The first kappa shape index (κ1) is 24.7. The van der Waals surface area contributed by atoms with E-state index in [-0.39, 0.29) is 41.0 Å². The molecule has 0 N–H and O–H groups in total. The highest BCUT2D eigenvalue weighted by Gasteiger charge is 2.40. The van der Waals surface area contributed by atoms with E-state index >= 15 is 0 Å². The zero-order valence-electron chi connectivity index (χ0n) is 20.5. The van der Waals surface area contributed by atoms with E-state index in [0.717, 1.165) is 18.9 Å². The molecule has 1 aliphatic heterocycles. The predicted octanol–water partition coefficient (Wildman–Crippen LogP) is 3.80. The van der Waals surface area contributed by atoms with Crippen LogP contribution < -0.4 is 0 Å². The number of aromatic nitrogens is 2. The van der Waals surface area contributed by atoms with Crippen LogP contribution in [0.2, 0.25) is 0 Å². The molecular weight excluding hydrogens is 455 g/mol. The first-order valence-corrected chi connectivity index (χ1v) is 11.8. The third-order valence-corrected chi connectivity index (χ3v) is 6.13. The van der Waals surface area contributed by atoms with Gasteiger partial charge in [0.1, 0.15) is 23.4 Å². The second-order valence-corrected chi connectivity index (χ2v) is 9.97. The standard InChI is InChI=1S/C25H31FN4O5/c1-25(2,3)35-24(33)28-11-9-18(10-12-28)30(17-6-7-17)22(31)20-14-29(15-27-20)21-8-5-16(13-19(21)26)23(32)34-4/h5,8,13-15,17-18H,6-7,9-12H2,1-4H3. The smallest absolute Gasteiger partial charge is 0.410 e. The summed E-state index contributed by atoms with van der Waals surface area (Å²) in [6.45, 7) is 6.54. The molecule has 2 fully saturated rings. The molecule has 1 saturated carbocycles. The van der Waals surface area contributed by atoms with E-state index in [1.165, 1.54) is 36.3 Å². The number of ether oxygens (including phenoxy) is 2. The van der Waals surface area contributed by atoms with Crippen molar-refractivity contribution in [3.63, 3.8) is 0 Å². The van der Waals surface area contributed by atoms with Crippen LogP contribution in [0.5, 0.6) is 0 Å². The zero-order chi connectivity index (χ0) is 25.3. The minimum atomic E-state index is -0.630. The Balaban J connectivity index is 1.45. The number of carbonyl (C=O) groups is 3. The van der Waals surface area contributed by atoms with Crippen LogP contribution in [-0.4, -0.2) is 75.2 Å². The number of piperidine rings is 1. The fourth-order valence-corrected chi connectivity index (χ4v) is 4.29. The highest BCUT2D eigenvalue weighted by Crippen LogP contribution is 2.33. The van der Waals surface area contributed by atoms with Gasteiger partial charge in [-0.3, -0.25) is 4.79 Å². The molecule has 0 unspecified atom stereocenters. The molecule has 2 amide bonds. The molecule has 0 bridgehead atoms. The van der Waals surface area contributed by atoms with Crippen LogP contribution >= 0.6 is 0 Å². The van der Waals surface area contributed by atoms with E-state index in [1.807, 2.05) is 25.7 Å². The van der Waals surface area contributed by atoms with E-state index in [1.54, 1.807) is 4.90 Å². The molecule has 2 heterocycles. The number of methoxy groups -OCH3 is 1. The van der Waals surface area contributed by atoms with Crippen LogP contribution in [-0.2, 0) is 9.47 Å². The maximum atomic E-state index is 14.6. The molecule has 1 aromatic heterocycles. The number of esters is 1. The minimum absolute atomic E-state index is 0.00471. The maximum absolute atomic E-state index is 14.6. The van der Waals surface area contributed by atoms with Crippen LogP contribution in [0.3, 0.4) is 0 Å². The van der Waals surface area contributed by atoms with Gasteiger partial charge in [-0.15, -0.1) is 0 Å². The summed E-state index contributed by atoms with van der Waals surface area (Å²) < 4.78 is 26.2. The molecule has 0 radical (unpaired) electrons. The minimum Gasteiger partial charge on any atom is -0.465 e. The number of imidazole rings is 1. The SMILES string of the molecule is COC(=O)c1ccc(-n2cnc(C(=O)N(C3CC3)C3CCN(C(=O)OC(C)(C)C)CC3)c2)c(F)c1. The average Bonchev–Trinajstić information content (AvgIpc) is 3.52. The summed E-state index contributed by atoms with van der Waals surface area (Å²) in [5, 5.41) is 0. The van der Waals surface area contributed by atoms with E-state index < -0.39 is 17.4 Å². The molecule has 0 atom stereocenters. The van der Waals surface area contributed by atoms with Gasteiger partial charge in [0.2, 0.25) is 0 Å². The van der Waals surface area contributed by atoms with Crippen molar-refractivity contribution in [1.82, 2.24) is 19.4 Å². The molecule has 1 saturated heterocycles. The Morgan fingerprint density at radius 1 is 1.09 bits per heavy atom. The van der Waals surface area contributed by atoms with Crippen LogP contribution in [0.25, 0.3) is 5.69 Å². The van der Waals surface area contributed by atoms with Gasteiger partial charge in [-0.05, 0) is 64.7 Å². The molecule has 9 nitrogen and oxygen atoms in total. The molecule has 2 aromatic rings. The highest BCUT2D eigenvalue weighted by molar-refractivity contribution is 5.93. The second kappa shape index (κ2) is 9.67. The van der Waals surface area contributed by atoms with Gasteiger partial charge >= 0.3 is 12.1 Å². The average molecular weight is 487 g/mol. The summed E-state index contributed by atoms with van der Waals surface area (Å²) >= 11 is 0. The summed E-state index contributed by atoms with van der Waals surface area (Å²) in [5.74, 6) is -1.46. The first-order valence-electron chi connectivity index (χ1n) is 11.8. The topological polar surface area (TPSA) is 94.0 Å². The molecule has 4 rings (SSSR count). The summed E-state index contributed by atoms with van der Waals surface area (Å²) in [4.78, 5) is 45.3. The van der Waals surface area contributed by atoms with E-state index in [2.05, 4.69) is 9.72 Å². The second-order valence-electron chi connectivity index (χ2n) is 9.97. The molecular formula is C25H31FN4O5. The maximum Gasteiger partial charge on any atom is 0.410 e. The zero-order valence-corrected chi connectivity index (χ0v) is 20.5. The van der Waals surface area contributed by atoms with Gasteiger partial charge in [0, 0.05) is 31.4 Å². The van der Waals surface area contributed by atoms with E-state index in [9.17, 15) is 18.8 Å². The van der Waals surface area contributed by atoms with Gasteiger partial charge in [0.25, 0.3) is 5.91 Å². The highest BCUT2D eigenvalue weighted by atomic mass is 19.1. The number of likely N-dealkylation sites (tertiary alicyclic amines) is 1. The van der Waals surface area contributed by atoms with Gasteiger partial charge in [-0.25, -0.2) is 19.0 Å².